The fourth-order valence-corrected chi connectivity index (χ4v) is 1.81. The first-order valence-corrected chi connectivity index (χ1v) is 5.99. The fraction of sp³-hybridized carbons (Fsp3) is 0.538. The minimum atomic E-state index is -4.40. The highest BCUT2D eigenvalue weighted by atomic mass is 19.4. The largest absolute Gasteiger partial charge is 0.489 e. The van der Waals surface area contributed by atoms with Gasteiger partial charge in [-0.15, -0.1) is 0 Å². The van der Waals surface area contributed by atoms with Gasteiger partial charge in [-0.25, -0.2) is 0 Å². The number of aliphatic hydroxyl groups excluding tert-OH is 1. The molecule has 1 N–H and O–H groups in total. The summed E-state index contributed by atoms with van der Waals surface area (Å²) >= 11 is 0. The Hall–Kier alpha value is -1.43. The van der Waals surface area contributed by atoms with Gasteiger partial charge in [0.25, 0.3) is 0 Å². The predicted octanol–water partition coefficient (Wildman–Crippen LogP) is 3.08. The van der Waals surface area contributed by atoms with Crippen molar-refractivity contribution >= 4 is 0 Å². The van der Waals surface area contributed by atoms with Crippen LogP contribution in [0.4, 0.5) is 13.2 Å². The second kappa shape index (κ2) is 5.28. The number of ether oxygens (including phenoxy) is 2. The lowest BCUT2D eigenvalue weighted by Gasteiger charge is -2.15. The number of hydrogen-bond donors (Lipinski definition) is 1. The summed E-state index contributed by atoms with van der Waals surface area (Å²) in [6, 6.07) is 4.36. The molecule has 1 aromatic rings. The van der Waals surface area contributed by atoms with Gasteiger partial charge in [0.15, 0.2) is 11.5 Å². The van der Waals surface area contributed by atoms with E-state index in [9.17, 15) is 18.3 Å². The zero-order valence-electron chi connectivity index (χ0n) is 10.4. The van der Waals surface area contributed by atoms with Crippen LogP contribution >= 0.6 is 0 Å². The number of halogens is 3. The molecule has 0 bridgehead atoms. The SMILES string of the molecule is CC1COc2ccc(C(O)CC(F)(F)F)cc2OC1. The molecule has 0 aromatic heterocycles. The summed E-state index contributed by atoms with van der Waals surface area (Å²) in [6.45, 7) is 2.88. The van der Waals surface area contributed by atoms with Gasteiger partial charge >= 0.3 is 6.18 Å². The highest BCUT2D eigenvalue weighted by Gasteiger charge is 2.32. The van der Waals surface area contributed by atoms with Crippen molar-refractivity contribution in [3.8, 4) is 11.5 Å². The van der Waals surface area contributed by atoms with Crippen LogP contribution in [0.15, 0.2) is 18.2 Å². The van der Waals surface area contributed by atoms with Crippen LogP contribution in [-0.4, -0.2) is 24.5 Å². The molecule has 1 aromatic carbocycles. The summed E-state index contributed by atoms with van der Waals surface area (Å²) in [4.78, 5) is 0. The van der Waals surface area contributed by atoms with E-state index in [4.69, 9.17) is 9.47 Å². The van der Waals surface area contributed by atoms with E-state index in [0.717, 1.165) is 0 Å². The van der Waals surface area contributed by atoms with Crippen LogP contribution < -0.4 is 9.47 Å². The summed E-state index contributed by atoms with van der Waals surface area (Å²) < 4.78 is 47.6. The maximum atomic E-state index is 12.2. The number of aliphatic hydroxyl groups is 1. The molecule has 0 saturated carbocycles. The topological polar surface area (TPSA) is 38.7 Å². The minimum absolute atomic E-state index is 0.175. The lowest BCUT2D eigenvalue weighted by molar-refractivity contribution is -0.154. The molecule has 0 fully saturated rings. The van der Waals surface area contributed by atoms with Crippen molar-refractivity contribution in [3.05, 3.63) is 23.8 Å². The van der Waals surface area contributed by atoms with Crippen molar-refractivity contribution < 1.29 is 27.8 Å². The Bertz CT molecular complexity index is 445. The third-order valence-electron chi connectivity index (χ3n) is 2.82. The van der Waals surface area contributed by atoms with Gasteiger partial charge in [0.05, 0.1) is 25.7 Å². The van der Waals surface area contributed by atoms with Crippen LogP contribution in [0.5, 0.6) is 11.5 Å². The molecule has 19 heavy (non-hydrogen) atoms. The monoisotopic (exact) mass is 276 g/mol. The van der Waals surface area contributed by atoms with Crippen LogP contribution in [-0.2, 0) is 0 Å². The zero-order chi connectivity index (χ0) is 14.0. The van der Waals surface area contributed by atoms with E-state index in [0.29, 0.717) is 24.7 Å². The lowest BCUT2D eigenvalue weighted by atomic mass is 10.1. The molecule has 0 spiro atoms. The second-order valence-corrected chi connectivity index (χ2v) is 4.77. The van der Waals surface area contributed by atoms with E-state index in [1.165, 1.54) is 18.2 Å². The first-order chi connectivity index (χ1) is 8.85. The Balaban J connectivity index is 2.17. The normalized spacial score (nSPS) is 20.8. The second-order valence-electron chi connectivity index (χ2n) is 4.77. The molecule has 0 aliphatic carbocycles. The summed E-state index contributed by atoms with van der Waals surface area (Å²) in [6.07, 6.45) is -7.27. The average Bonchev–Trinajstić information content (AvgIpc) is 2.49. The smallest absolute Gasteiger partial charge is 0.391 e. The summed E-state index contributed by atoms with van der Waals surface area (Å²) in [5.41, 5.74) is 0.175. The third-order valence-corrected chi connectivity index (χ3v) is 2.82. The van der Waals surface area contributed by atoms with Crippen LogP contribution in [0, 0.1) is 5.92 Å². The van der Waals surface area contributed by atoms with E-state index in [2.05, 4.69) is 0 Å². The number of benzene rings is 1. The van der Waals surface area contributed by atoms with E-state index >= 15 is 0 Å². The van der Waals surface area contributed by atoms with Crippen molar-refractivity contribution in [3.63, 3.8) is 0 Å². The molecule has 3 nitrogen and oxygen atoms in total. The summed E-state index contributed by atoms with van der Waals surface area (Å²) in [5, 5.41) is 9.56. The number of fused-ring (bicyclic) bond motifs is 1. The molecular formula is C13H15F3O3. The van der Waals surface area contributed by atoms with Crippen molar-refractivity contribution in [2.75, 3.05) is 13.2 Å². The molecule has 2 atom stereocenters. The number of rotatable bonds is 2. The van der Waals surface area contributed by atoms with Crippen LogP contribution in [0.1, 0.15) is 25.0 Å². The molecule has 0 saturated heterocycles. The van der Waals surface area contributed by atoms with Crippen molar-refractivity contribution in [2.45, 2.75) is 25.6 Å². The summed E-state index contributed by atoms with van der Waals surface area (Å²) in [7, 11) is 0. The van der Waals surface area contributed by atoms with Gasteiger partial charge in [0, 0.05) is 5.92 Å². The maximum absolute atomic E-state index is 12.2. The minimum Gasteiger partial charge on any atom is -0.489 e. The Morgan fingerprint density at radius 3 is 2.53 bits per heavy atom. The quantitative estimate of drug-likeness (QED) is 0.902. The predicted molar refractivity (Wildman–Crippen MR) is 62.2 cm³/mol. The average molecular weight is 276 g/mol. The van der Waals surface area contributed by atoms with E-state index < -0.39 is 18.7 Å². The van der Waals surface area contributed by atoms with Crippen LogP contribution in [0.3, 0.4) is 0 Å². The van der Waals surface area contributed by atoms with Gasteiger partial charge in [-0.1, -0.05) is 13.0 Å². The molecule has 6 heteroatoms. The number of hydrogen-bond acceptors (Lipinski definition) is 3. The van der Waals surface area contributed by atoms with Crippen molar-refractivity contribution in [1.29, 1.82) is 0 Å². The van der Waals surface area contributed by atoms with Gasteiger partial charge in [0.2, 0.25) is 0 Å². The molecule has 1 aliphatic heterocycles. The molecule has 0 radical (unpaired) electrons. The lowest BCUT2D eigenvalue weighted by Crippen LogP contribution is -2.13. The molecule has 0 amide bonds. The van der Waals surface area contributed by atoms with Gasteiger partial charge in [-0.05, 0) is 17.7 Å². The molecule has 1 aliphatic rings. The van der Waals surface area contributed by atoms with E-state index in [-0.39, 0.29) is 11.5 Å². The van der Waals surface area contributed by atoms with E-state index in [1.54, 1.807) is 0 Å². The van der Waals surface area contributed by atoms with Crippen LogP contribution in [0.2, 0.25) is 0 Å². The Labute approximate surface area is 108 Å². The maximum Gasteiger partial charge on any atom is 0.391 e. The van der Waals surface area contributed by atoms with Gasteiger partial charge < -0.3 is 14.6 Å². The molecule has 106 valence electrons. The highest BCUT2D eigenvalue weighted by Crippen LogP contribution is 2.36. The highest BCUT2D eigenvalue weighted by molar-refractivity contribution is 5.44. The first-order valence-electron chi connectivity index (χ1n) is 5.99. The third kappa shape index (κ3) is 3.76. The molecular weight excluding hydrogens is 261 g/mol. The van der Waals surface area contributed by atoms with Crippen molar-refractivity contribution in [2.24, 2.45) is 5.92 Å². The van der Waals surface area contributed by atoms with Crippen molar-refractivity contribution in [1.82, 2.24) is 0 Å². The Morgan fingerprint density at radius 2 is 1.89 bits per heavy atom. The Kier molecular flexibility index (Phi) is 3.89. The first kappa shape index (κ1) is 14.0. The standard InChI is InChI=1S/C13H15F3O3/c1-8-6-18-11-3-2-9(4-12(11)19-7-8)10(17)5-13(14,15)16/h2-4,8,10,17H,5-7H2,1H3. The van der Waals surface area contributed by atoms with Gasteiger partial charge in [-0.2, -0.15) is 13.2 Å². The fourth-order valence-electron chi connectivity index (χ4n) is 1.81. The molecule has 2 rings (SSSR count). The Morgan fingerprint density at radius 1 is 1.26 bits per heavy atom. The molecule has 2 unspecified atom stereocenters. The zero-order valence-corrected chi connectivity index (χ0v) is 10.4. The molecule has 1 heterocycles. The van der Waals surface area contributed by atoms with Gasteiger partial charge in [-0.3, -0.25) is 0 Å². The van der Waals surface area contributed by atoms with E-state index in [1.807, 2.05) is 6.92 Å². The van der Waals surface area contributed by atoms with Crippen LogP contribution in [0.25, 0.3) is 0 Å². The summed E-state index contributed by atoms with van der Waals surface area (Å²) in [5.74, 6) is 1.08. The number of alkyl halides is 3. The van der Waals surface area contributed by atoms with Gasteiger partial charge in [0.1, 0.15) is 0 Å².